The number of fused-ring (bicyclic) bond motifs is 1. The summed E-state index contributed by atoms with van der Waals surface area (Å²) in [4.78, 5) is 38.0. The third kappa shape index (κ3) is 4.12. The maximum absolute atomic E-state index is 13.2. The molecule has 0 fully saturated rings. The molecule has 2 amide bonds. The van der Waals surface area contributed by atoms with E-state index in [1.54, 1.807) is 18.2 Å². The molecule has 1 N–H and O–H groups in total. The minimum Gasteiger partial charge on any atom is -0.454 e. The Morgan fingerprint density at radius 1 is 1.09 bits per heavy atom. The number of nitro groups is 1. The number of benzene rings is 2. The Bertz CT molecular complexity index is 1100. The first-order valence-electron chi connectivity index (χ1n) is 10.1. The lowest BCUT2D eigenvalue weighted by atomic mass is 10.0. The van der Waals surface area contributed by atoms with Crippen molar-refractivity contribution in [2.75, 3.05) is 31.9 Å². The molecule has 2 heterocycles. The number of nitrogens with one attached hydrogen (secondary N) is 1. The Balaban J connectivity index is 1.66. The first kappa shape index (κ1) is 21.3. The predicted octanol–water partition coefficient (Wildman–Crippen LogP) is 2.94. The van der Waals surface area contributed by atoms with Crippen molar-refractivity contribution >= 4 is 28.8 Å². The molecule has 0 aromatic heterocycles. The number of hydrogen-bond donors (Lipinski definition) is 1. The van der Waals surface area contributed by atoms with E-state index in [0.717, 1.165) is 4.90 Å². The third-order valence-electron chi connectivity index (χ3n) is 5.05. The highest BCUT2D eigenvalue weighted by Crippen LogP contribution is 2.36. The lowest BCUT2D eigenvalue weighted by Gasteiger charge is -2.15. The van der Waals surface area contributed by atoms with Crippen molar-refractivity contribution < 1.29 is 28.7 Å². The number of carbonyl (C=O) groups excluding carboxylic acids is 2. The average Bonchev–Trinajstić information content (AvgIpc) is 3.34. The molecule has 0 atom stereocenters. The molecule has 2 aromatic carbocycles. The number of anilines is 1. The normalized spacial score (nSPS) is 15.0. The van der Waals surface area contributed by atoms with Crippen LogP contribution >= 0.6 is 0 Å². The van der Waals surface area contributed by atoms with Gasteiger partial charge in [0.1, 0.15) is 5.70 Å². The summed E-state index contributed by atoms with van der Waals surface area (Å²) in [7, 11) is 0. The second kappa shape index (κ2) is 9.06. The molecule has 10 heteroatoms. The fourth-order valence-electron chi connectivity index (χ4n) is 3.50. The van der Waals surface area contributed by atoms with Crippen molar-refractivity contribution in [2.45, 2.75) is 13.3 Å². The molecule has 0 saturated carbocycles. The summed E-state index contributed by atoms with van der Waals surface area (Å²) in [5.74, 6) is 0.172. The second-order valence-electron chi connectivity index (χ2n) is 7.06. The molecule has 10 nitrogen and oxygen atoms in total. The number of rotatable bonds is 9. The minimum absolute atomic E-state index is 0.0964. The van der Waals surface area contributed by atoms with Crippen molar-refractivity contribution in [2.24, 2.45) is 0 Å². The molecule has 0 bridgehead atoms. The van der Waals surface area contributed by atoms with Crippen molar-refractivity contribution in [1.82, 2.24) is 4.90 Å². The molecule has 4 rings (SSSR count). The van der Waals surface area contributed by atoms with Gasteiger partial charge in [0.25, 0.3) is 17.5 Å². The minimum atomic E-state index is -0.522. The van der Waals surface area contributed by atoms with Gasteiger partial charge in [0, 0.05) is 43.6 Å². The number of nitro benzene ring substituents is 1. The lowest BCUT2D eigenvalue weighted by Crippen LogP contribution is -2.34. The third-order valence-corrected chi connectivity index (χ3v) is 5.05. The van der Waals surface area contributed by atoms with Crippen LogP contribution in [0.15, 0.2) is 48.2 Å². The van der Waals surface area contributed by atoms with Crippen LogP contribution in [0.1, 0.15) is 18.9 Å². The highest BCUT2D eigenvalue weighted by molar-refractivity contribution is 6.36. The molecule has 0 spiro atoms. The van der Waals surface area contributed by atoms with Gasteiger partial charge < -0.3 is 19.5 Å². The number of nitrogens with zero attached hydrogens (tertiary/aromatic N) is 2. The number of carbonyl (C=O) groups is 2. The Labute approximate surface area is 183 Å². The number of amides is 2. The summed E-state index contributed by atoms with van der Waals surface area (Å²) in [6.07, 6.45) is 0.496. The Hall–Kier alpha value is -3.92. The van der Waals surface area contributed by atoms with Crippen LogP contribution in [0.2, 0.25) is 0 Å². The Morgan fingerprint density at radius 3 is 2.56 bits per heavy atom. The molecular weight excluding hydrogens is 418 g/mol. The van der Waals surface area contributed by atoms with Crippen LogP contribution < -0.4 is 14.8 Å². The topological polar surface area (TPSA) is 120 Å². The molecular formula is C22H21N3O7. The Kier molecular flexibility index (Phi) is 6.04. The van der Waals surface area contributed by atoms with E-state index in [-0.39, 0.29) is 30.3 Å². The van der Waals surface area contributed by atoms with Gasteiger partial charge in [-0.25, -0.2) is 0 Å². The molecule has 0 unspecified atom stereocenters. The van der Waals surface area contributed by atoms with Gasteiger partial charge in [-0.15, -0.1) is 0 Å². The van der Waals surface area contributed by atoms with E-state index in [0.29, 0.717) is 42.4 Å². The zero-order valence-electron chi connectivity index (χ0n) is 17.3. The van der Waals surface area contributed by atoms with E-state index < -0.39 is 16.7 Å². The van der Waals surface area contributed by atoms with Gasteiger partial charge in [0.2, 0.25) is 6.79 Å². The van der Waals surface area contributed by atoms with E-state index in [4.69, 9.17) is 14.2 Å². The second-order valence-corrected chi connectivity index (χ2v) is 7.06. The zero-order valence-corrected chi connectivity index (χ0v) is 17.3. The molecule has 0 radical (unpaired) electrons. The van der Waals surface area contributed by atoms with Crippen LogP contribution in [0.4, 0.5) is 11.4 Å². The van der Waals surface area contributed by atoms with Crippen LogP contribution in [0, 0.1) is 10.1 Å². The standard InChI is InChI=1S/C22H21N3O7/c1-2-30-11-3-10-24-21(26)19(14-4-7-16(8-5-14)25(28)29)20(22(24)27)23-15-6-9-17-18(12-15)32-13-31-17/h4-9,12,23H,2-3,10-11,13H2,1H3. The predicted molar refractivity (Wildman–Crippen MR) is 114 cm³/mol. The summed E-state index contributed by atoms with van der Waals surface area (Å²) in [5, 5.41) is 14.0. The zero-order chi connectivity index (χ0) is 22.7. The van der Waals surface area contributed by atoms with Gasteiger partial charge in [-0.1, -0.05) is 0 Å². The van der Waals surface area contributed by atoms with Gasteiger partial charge in [0.15, 0.2) is 11.5 Å². The van der Waals surface area contributed by atoms with Gasteiger partial charge in [-0.05, 0) is 43.2 Å². The number of hydrogen-bond acceptors (Lipinski definition) is 8. The Morgan fingerprint density at radius 2 is 1.84 bits per heavy atom. The maximum atomic E-state index is 13.2. The van der Waals surface area contributed by atoms with Crippen LogP contribution in [-0.2, 0) is 14.3 Å². The summed E-state index contributed by atoms with van der Waals surface area (Å²) >= 11 is 0. The van der Waals surface area contributed by atoms with Crippen molar-refractivity contribution in [3.63, 3.8) is 0 Å². The average molecular weight is 439 g/mol. The van der Waals surface area contributed by atoms with Crippen LogP contribution in [-0.4, -0.2) is 48.2 Å². The van der Waals surface area contributed by atoms with E-state index in [1.807, 2.05) is 6.92 Å². The van der Waals surface area contributed by atoms with Crippen LogP contribution in [0.5, 0.6) is 11.5 Å². The maximum Gasteiger partial charge on any atom is 0.278 e. The SMILES string of the molecule is CCOCCCN1C(=O)C(Nc2ccc3c(c2)OCO3)=C(c2ccc([N+](=O)[O-])cc2)C1=O. The van der Waals surface area contributed by atoms with Crippen molar-refractivity contribution in [1.29, 1.82) is 0 Å². The molecule has 0 aliphatic carbocycles. The van der Waals surface area contributed by atoms with E-state index in [1.165, 1.54) is 24.3 Å². The molecule has 2 aliphatic heterocycles. The lowest BCUT2D eigenvalue weighted by molar-refractivity contribution is -0.384. The molecule has 0 saturated heterocycles. The van der Waals surface area contributed by atoms with E-state index in [9.17, 15) is 19.7 Å². The van der Waals surface area contributed by atoms with E-state index in [2.05, 4.69) is 5.32 Å². The molecule has 2 aliphatic rings. The quantitative estimate of drug-likeness (QED) is 0.274. The summed E-state index contributed by atoms with van der Waals surface area (Å²) in [6.45, 7) is 3.14. The summed E-state index contributed by atoms with van der Waals surface area (Å²) in [5.41, 5.74) is 1.09. The van der Waals surface area contributed by atoms with Crippen LogP contribution in [0.25, 0.3) is 5.57 Å². The smallest absolute Gasteiger partial charge is 0.278 e. The number of non-ortho nitro benzene ring substituents is 1. The largest absolute Gasteiger partial charge is 0.454 e. The van der Waals surface area contributed by atoms with Gasteiger partial charge in [-0.3, -0.25) is 24.6 Å². The fourth-order valence-corrected chi connectivity index (χ4v) is 3.50. The fraction of sp³-hybridized carbons (Fsp3) is 0.273. The number of ether oxygens (including phenoxy) is 3. The van der Waals surface area contributed by atoms with Crippen molar-refractivity contribution in [3.8, 4) is 11.5 Å². The summed E-state index contributed by atoms with van der Waals surface area (Å²) in [6, 6.07) is 10.6. The van der Waals surface area contributed by atoms with Gasteiger partial charge in [-0.2, -0.15) is 0 Å². The van der Waals surface area contributed by atoms with Crippen molar-refractivity contribution in [3.05, 3.63) is 63.8 Å². The van der Waals surface area contributed by atoms with Gasteiger partial charge >= 0.3 is 0 Å². The summed E-state index contributed by atoms with van der Waals surface area (Å²) < 4.78 is 16.0. The first-order valence-corrected chi connectivity index (χ1v) is 10.1. The molecule has 32 heavy (non-hydrogen) atoms. The molecule has 2 aromatic rings. The monoisotopic (exact) mass is 439 g/mol. The highest BCUT2D eigenvalue weighted by Gasteiger charge is 2.39. The van der Waals surface area contributed by atoms with Crippen LogP contribution in [0.3, 0.4) is 0 Å². The number of imide groups is 1. The molecule has 166 valence electrons. The highest BCUT2D eigenvalue weighted by atomic mass is 16.7. The van der Waals surface area contributed by atoms with E-state index >= 15 is 0 Å². The first-order chi connectivity index (χ1) is 15.5. The van der Waals surface area contributed by atoms with Gasteiger partial charge in [0.05, 0.1) is 10.5 Å².